The summed E-state index contributed by atoms with van der Waals surface area (Å²) in [6.07, 6.45) is 4.86. The van der Waals surface area contributed by atoms with Gasteiger partial charge in [-0.2, -0.15) is 0 Å². The van der Waals surface area contributed by atoms with Crippen molar-refractivity contribution in [1.82, 2.24) is 0 Å². The molecular weight excluding hydrogens is 204 g/mol. The molecule has 0 aromatic carbocycles. The van der Waals surface area contributed by atoms with E-state index in [1.165, 1.54) is 0 Å². The maximum atomic E-state index is 12.1. The van der Waals surface area contributed by atoms with Gasteiger partial charge in [0.25, 0.3) is 0 Å². The Balaban J connectivity index is 2.71. The summed E-state index contributed by atoms with van der Waals surface area (Å²) in [5.74, 6) is -0.0592. The average molecular weight is 228 g/mol. The van der Waals surface area contributed by atoms with E-state index in [9.17, 15) is 4.79 Å². The monoisotopic (exact) mass is 228 g/mol. The van der Waals surface area contributed by atoms with Crippen molar-refractivity contribution >= 4 is 5.97 Å². The first-order chi connectivity index (χ1) is 7.71. The summed E-state index contributed by atoms with van der Waals surface area (Å²) < 4.78 is 11.0. The lowest BCUT2D eigenvalue weighted by atomic mass is 9.81. The van der Waals surface area contributed by atoms with Gasteiger partial charge in [0.05, 0.1) is 18.1 Å². The van der Waals surface area contributed by atoms with E-state index in [4.69, 9.17) is 9.47 Å². The van der Waals surface area contributed by atoms with Crippen LogP contribution in [0.1, 0.15) is 52.9 Å². The van der Waals surface area contributed by atoms with Crippen LogP contribution in [0.2, 0.25) is 0 Å². The van der Waals surface area contributed by atoms with Crippen LogP contribution >= 0.6 is 0 Å². The van der Waals surface area contributed by atoms with Crippen LogP contribution in [-0.2, 0) is 14.3 Å². The summed E-state index contributed by atoms with van der Waals surface area (Å²) in [6.45, 7) is 7.21. The van der Waals surface area contributed by atoms with Gasteiger partial charge in [-0.25, -0.2) is 0 Å². The van der Waals surface area contributed by atoms with Crippen LogP contribution < -0.4 is 0 Å². The molecule has 1 saturated carbocycles. The lowest BCUT2D eigenvalue weighted by Crippen LogP contribution is -2.41. The number of hydrogen-bond donors (Lipinski definition) is 0. The Hall–Kier alpha value is -0.570. The molecular formula is C13H24O3. The largest absolute Gasteiger partial charge is 0.465 e. The predicted octanol–water partition coefficient (Wildman–Crippen LogP) is 2.93. The lowest BCUT2D eigenvalue weighted by molar-refractivity contribution is -0.164. The average Bonchev–Trinajstić information content (AvgIpc) is 2.70. The van der Waals surface area contributed by atoms with Gasteiger partial charge >= 0.3 is 5.97 Å². The number of rotatable bonds is 6. The highest BCUT2D eigenvalue weighted by Crippen LogP contribution is 2.44. The molecule has 0 bridgehead atoms. The van der Waals surface area contributed by atoms with Gasteiger partial charge in [0.15, 0.2) is 0 Å². The zero-order valence-electron chi connectivity index (χ0n) is 10.8. The molecule has 0 aromatic rings. The van der Waals surface area contributed by atoms with E-state index in [-0.39, 0.29) is 17.5 Å². The smallest absolute Gasteiger partial charge is 0.314 e. The van der Waals surface area contributed by atoms with Crippen molar-refractivity contribution in [2.45, 2.75) is 59.0 Å². The maximum Gasteiger partial charge on any atom is 0.314 e. The number of carbonyl (C=O) groups is 1. The zero-order chi connectivity index (χ0) is 12.0. The minimum absolute atomic E-state index is 0.0592. The van der Waals surface area contributed by atoms with E-state index < -0.39 is 0 Å². The minimum atomic E-state index is -0.370. The van der Waals surface area contributed by atoms with Crippen molar-refractivity contribution in [2.24, 2.45) is 5.41 Å². The van der Waals surface area contributed by atoms with E-state index in [0.717, 1.165) is 38.7 Å². The molecule has 0 N–H and O–H groups in total. The molecule has 0 spiro atoms. The highest BCUT2D eigenvalue weighted by atomic mass is 16.5. The van der Waals surface area contributed by atoms with Gasteiger partial charge in [0.2, 0.25) is 0 Å². The van der Waals surface area contributed by atoms with Crippen LogP contribution in [0.4, 0.5) is 0 Å². The van der Waals surface area contributed by atoms with Crippen LogP contribution in [0.15, 0.2) is 0 Å². The van der Waals surface area contributed by atoms with E-state index in [1.807, 2.05) is 6.92 Å². The Kier molecular flexibility index (Phi) is 5.26. The minimum Gasteiger partial charge on any atom is -0.465 e. The zero-order valence-corrected chi connectivity index (χ0v) is 10.8. The molecule has 0 amide bonds. The van der Waals surface area contributed by atoms with Gasteiger partial charge in [-0.3, -0.25) is 4.79 Å². The van der Waals surface area contributed by atoms with Crippen molar-refractivity contribution in [3.8, 4) is 0 Å². The molecule has 0 aromatic heterocycles. The van der Waals surface area contributed by atoms with Crippen molar-refractivity contribution in [3.05, 3.63) is 0 Å². The molecule has 3 nitrogen and oxygen atoms in total. The van der Waals surface area contributed by atoms with Crippen molar-refractivity contribution in [2.75, 3.05) is 13.2 Å². The molecule has 2 unspecified atom stereocenters. The molecule has 94 valence electrons. The summed E-state index contributed by atoms with van der Waals surface area (Å²) in [5, 5.41) is 0. The van der Waals surface area contributed by atoms with Gasteiger partial charge in [-0.1, -0.05) is 13.8 Å². The Morgan fingerprint density at radius 2 is 2.12 bits per heavy atom. The quantitative estimate of drug-likeness (QED) is 0.656. The standard InChI is InChI=1S/C13H24O3/c1-4-10-16-11-8-7-9-13(11,5-2)12(14)15-6-3/h11H,4-10H2,1-3H3. The molecule has 0 aliphatic heterocycles. The fourth-order valence-corrected chi connectivity index (χ4v) is 2.60. The van der Waals surface area contributed by atoms with Gasteiger partial charge in [-0.15, -0.1) is 0 Å². The second kappa shape index (κ2) is 6.24. The van der Waals surface area contributed by atoms with Crippen LogP contribution in [0.25, 0.3) is 0 Å². The summed E-state index contributed by atoms with van der Waals surface area (Å²) in [5.41, 5.74) is -0.370. The topological polar surface area (TPSA) is 35.5 Å². The first-order valence-corrected chi connectivity index (χ1v) is 6.50. The summed E-state index contributed by atoms with van der Waals surface area (Å²) >= 11 is 0. The normalized spacial score (nSPS) is 29.3. The Labute approximate surface area is 98.5 Å². The number of esters is 1. The molecule has 3 heteroatoms. The molecule has 16 heavy (non-hydrogen) atoms. The van der Waals surface area contributed by atoms with Gasteiger partial charge in [0.1, 0.15) is 0 Å². The van der Waals surface area contributed by atoms with Gasteiger partial charge < -0.3 is 9.47 Å². The first kappa shape index (κ1) is 13.5. The molecule has 0 radical (unpaired) electrons. The third kappa shape index (κ3) is 2.57. The summed E-state index contributed by atoms with van der Waals surface area (Å²) in [7, 11) is 0. The highest BCUT2D eigenvalue weighted by molar-refractivity contribution is 5.78. The van der Waals surface area contributed by atoms with Crippen molar-refractivity contribution < 1.29 is 14.3 Å². The summed E-state index contributed by atoms with van der Waals surface area (Å²) in [4.78, 5) is 12.1. The fourth-order valence-electron chi connectivity index (χ4n) is 2.60. The predicted molar refractivity (Wildman–Crippen MR) is 63.2 cm³/mol. The van der Waals surface area contributed by atoms with E-state index in [2.05, 4.69) is 13.8 Å². The third-order valence-corrected chi connectivity index (χ3v) is 3.54. The molecule has 0 heterocycles. The van der Waals surface area contributed by atoms with E-state index >= 15 is 0 Å². The Morgan fingerprint density at radius 1 is 1.38 bits per heavy atom. The molecule has 1 fully saturated rings. The molecule has 2 atom stereocenters. The van der Waals surface area contributed by atoms with E-state index in [1.54, 1.807) is 0 Å². The Bertz CT molecular complexity index is 227. The maximum absolute atomic E-state index is 12.1. The number of hydrogen-bond acceptors (Lipinski definition) is 3. The van der Waals surface area contributed by atoms with Gasteiger partial charge in [-0.05, 0) is 39.0 Å². The fraction of sp³-hybridized carbons (Fsp3) is 0.923. The molecule has 0 saturated heterocycles. The first-order valence-electron chi connectivity index (χ1n) is 6.50. The van der Waals surface area contributed by atoms with Crippen LogP contribution in [-0.4, -0.2) is 25.3 Å². The Morgan fingerprint density at radius 3 is 2.69 bits per heavy atom. The molecule has 1 aliphatic carbocycles. The molecule has 1 aliphatic rings. The van der Waals surface area contributed by atoms with Crippen LogP contribution in [0.3, 0.4) is 0 Å². The second-order valence-corrected chi connectivity index (χ2v) is 4.48. The van der Waals surface area contributed by atoms with Crippen LogP contribution in [0.5, 0.6) is 0 Å². The second-order valence-electron chi connectivity index (χ2n) is 4.48. The van der Waals surface area contributed by atoms with Gasteiger partial charge in [0, 0.05) is 6.61 Å². The highest BCUT2D eigenvalue weighted by Gasteiger charge is 2.49. The SMILES string of the molecule is CCCOC1CCCC1(CC)C(=O)OCC. The summed E-state index contributed by atoms with van der Waals surface area (Å²) in [6, 6.07) is 0. The van der Waals surface area contributed by atoms with Crippen LogP contribution in [0, 0.1) is 5.41 Å². The molecule has 1 rings (SSSR count). The number of ether oxygens (including phenoxy) is 2. The lowest BCUT2D eigenvalue weighted by Gasteiger charge is -2.31. The van der Waals surface area contributed by atoms with Crippen molar-refractivity contribution in [3.63, 3.8) is 0 Å². The van der Waals surface area contributed by atoms with Crippen molar-refractivity contribution in [1.29, 1.82) is 0 Å². The van der Waals surface area contributed by atoms with E-state index in [0.29, 0.717) is 6.61 Å². The number of carbonyl (C=O) groups excluding carboxylic acids is 1. The third-order valence-electron chi connectivity index (χ3n) is 3.54.